The molecule has 0 aliphatic heterocycles. The Hall–Kier alpha value is -1.58. The first-order valence-electron chi connectivity index (χ1n) is 5.84. The number of hydrogen-bond donors (Lipinski definition) is 1. The van der Waals surface area contributed by atoms with E-state index in [1.807, 2.05) is 0 Å². The van der Waals surface area contributed by atoms with E-state index < -0.39 is 0 Å². The van der Waals surface area contributed by atoms with Crippen molar-refractivity contribution in [1.29, 1.82) is 0 Å². The molecule has 0 unspecified atom stereocenters. The zero-order chi connectivity index (χ0) is 12.8. The van der Waals surface area contributed by atoms with Crippen LogP contribution in [-0.2, 0) is 4.74 Å². The zero-order valence-electron chi connectivity index (χ0n) is 10.9. The molecule has 0 atom stereocenters. The number of methoxy groups -OCH3 is 1. The highest BCUT2D eigenvalue weighted by molar-refractivity contribution is 5.90. The van der Waals surface area contributed by atoms with Gasteiger partial charge in [0.2, 0.25) is 0 Å². The SMILES string of the molecule is COC(=O)c1ccc(NCCC(C)C)nc1C. The number of pyridine rings is 1. The molecule has 1 rings (SSSR count). The molecule has 0 saturated heterocycles. The van der Waals surface area contributed by atoms with Crippen LogP contribution >= 0.6 is 0 Å². The van der Waals surface area contributed by atoms with Crippen LogP contribution in [0.25, 0.3) is 0 Å². The number of carbonyl (C=O) groups excluding carboxylic acids is 1. The van der Waals surface area contributed by atoms with Crippen LogP contribution in [0.1, 0.15) is 36.3 Å². The molecule has 0 radical (unpaired) electrons. The predicted molar refractivity (Wildman–Crippen MR) is 68.3 cm³/mol. The van der Waals surface area contributed by atoms with Crippen molar-refractivity contribution in [1.82, 2.24) is 4.98 Å². The fourth-order valence-corrected chi connectivity index (χ4v) is 1.47. The van der Waals surface area contributed by atoms with Crippen LogP contribution in [0.4, 0.5) is 5.82 Å². The normalized spacial score (nSPS) is 10.4. The summed E-state index contributed by atoms with van der Waals surface area (Å²) in [6, 6.07) is 3.55. The third-order valence-electron chi connectivity index (χ3n) is 2.52. The Kier molecular flexibility index (Phi) is 4.94. The molecule has 17 heavy (non-hydrogen) atoms. The Morgan fingerprint density at radius 3 is 2.71 bits per heavy atom. The Morgan fingerprint density at radius 1 is 1.47 bits per heavy atom. The molecule has 1 heterocycles. The van der Waals surface area contributed by atoms with Crippen LogP contribution in [-0.4, -0.2) is 24.6 Å². The molecule has 4 heteroatoms. The largest absolute Gasteiger partial charge is 0.465 e. The fourth-order valence-electron chi connectivity index (χ4n) is 1.47. The van der Waals surface area contributed by atoms with Crippen LogP contribution in [0.5, 0.6) is 0 Å². The van der Waals surface area contributed by atoms with Gasteiger partial charge in [0, 0.05) is 6.54 Å². The number of anilines is 1. The van der Waals surface area contributed by atoms with Gasteiger partial charge in [-0.15, -0.1) is 0 Å². The van der Waals surface area contributed by atoms with Crippen LogP contribution in [0.15, 0.2) is 12.1 Å². The van der Waals surface area contributed by atoms with Gasteiger partial charge in [0.25, 0.3) is 0 Å². The van der Waals surface area contributed by atoms with E-state index in [1.165, 1.54) is 7.11 Å². The predicted octanol–water partition coefficient (Wildman–Crippen LogP) is 2.63. The minimum absolute atomic E-state index is 0.344. The number of nitrogens with one attached hydrogen (secondary N) is 1. The highest BCUT2D eigenvalue weighted by Crippen LogP contribution is 2.12. The number of ether oxygens (including phenoxy) is 1. The van der Waals surface area contributed by atoms with Crippen molar-refractivity contribution in [3.63, 3.8) is 0 Å². The van der Waals surface area contributed by atoms with Crippen molar-refractivity contribution in [2.75, 3.05) is 19.0 Å². The van der Waals surface area contributed by atoms with E-state index in [-0.39, 0.29) is 5.97 Å². The van der Waals surface area contributed by atoms with Gasteiger partial charge < -0.3 is 10.1 Å². The number of rotatable bonds is 5. The second kappa shape index (κ2) is 6.23. The Morgan fingerprint density at radius 2 is 2.18 bits per heavy atom. The smallest absolute Gasteiger partial charge is 0.339 e. The quantitative estimate of drug-likeness (QED) is 0.798. The summed E-state index contributed by atoms with van der Waals surface area (Å²) in [5.41, 5.74) is 1.20. The van der Waals surface area contributed by atoms with Gasteiger partial charge in [-0.2, -0.15) is 0 Å². The van der Waals surface area contributed by atoms with Gasteiger partial charge >= 0.3 is 5.97 Å². The van der Waals surface area contributed by atoms with Crippen molar-refractivity contribution in [3.8, 4) is 0 Å². The Labute approximate surface area is 102 Å². The van der Waals surface area contributed by atoms with E-state index >= 15 is 0 Å². The van der Waals surface area contributed by atoms with Crippen molar-refractivity contribution >= 4 is 11.8 Å². The zero-order valence-corrected chi connectivity index (χ0v) is 10.9. The highest BCUT2D eigenvalue weighted by Gasteiger charge is 2.10. The summed E-state index contributed by atoms with van der Waals surface area (Å²) in [4.78, 5) is 15.7. The van der Waals surface area contributed by atoms with Gasteiger partial charge in [0.1, 0.15) is 5.82 Å². The molecule has 0 bridgehead atoms. The van der Waals surface area contributed by atoms with Crippen LogP contribution < -0.4 is 5.32 Å². The van der Waals surface area contributed by atoms with Crippen molar-refractivity contribution in [2.45, 2.75) is 27.2 Å². The second-order valence-electron chi connectivity index (χ2n) is 4.43. The lowest BCUT2D eigenvalue weighted by Crippen LogP contribution is -2.09. The minimum Gasteiger partial charge on any atom is -0.465 e. The summed E-state index contributed by atoms with van der Waals surface area (Å²) < 4.78 is 4.67. The lowest BCUT2D eigenvalue weighted by molar-refractivity contribution is 0.0599. The summed E-state index contributed by atoms with van der Waals surface area (Å²) >= 11 is 0. The summed E-state index contributed by atoms with van der Waals surface area (Å²) in [6.07, 6.45) is 1.10. The first-order valence-corrected chi connectivity index (χ1v) is 5.84. The summed E-state index contributed by atoms with van der Waals surface area (Å²) in [7, 11) is 1.37. The monoisotopic (exact) mass is 236 g/mol. The molecular weight excluding hydrogens is 216 g/mol. The maximum atomic E-state index is 11.4. The molecule has 0 amide bonds. The van der Waals surface area contributed by atoms with E-state index in [0.717, 1.165) is 18.8 Å². The molecule has 1 aromatic rings. The maximum Gasteiger partial charge on any atom is 0.339 e. The Balaban J connectivity index is 2.65. The number of aryl methyl sites for hydroxylation is 1. The molecule has 0 aliphatic carbocycles. The summed E-state index contributed by atoms with van der Waals surface area (Å²) in [5, 5.41) is 3.24. The average molecular weight is 236 g/mol. The third kappa shape index (κ3) is 4.06. The molecule has 0 aromatic carbocycles. The van der Waals surface area contributed by atoms with Crippen LogP contribution in [0.3, 0.4) is 0 Å². The number of aromatic nitrogens is 1. The fraction of sp³-hybridized carbons (Fsp3) is 0.538. The standard InChI is InChI=1S/C13H20N2O2/c1-9(2)7-8-14-12-6-5-11(10(3)15-12)13(16)17-4/h5-6,9H,7-8H2,1-4H3,(H,14,15). The van der Waals surface area contributed by atoms with Crippen molar-refractivity contribution in [2.24, 2.45) is 5.92 Å². The number of carbonyl (C=O) groups is 1. The molecule has 0 saturated carbocycles. The highest BCUT2D eigenvalue weighted by atomic mass is 16.5. The molecule has 0 aliphatic rings. The van der Waals surface area contributed by atoms with E-state index in [4.69, 9.17) is 0 Å². The van der Waals surface area contributed by atoms with Crippen molar-refractivity contribution in [3.05, 3.63) is 23.4 Å². The van der Waals surface area contributed by atoms with E-state index in [1.54, 1.807) is 19.1 Å². The van der Waals surface area contributed by atoms with E-state index in [0.29, 0.717) is 17.2 Å². The van der Waals surface area contributed by atoms with Gasteiger partial charge in [-0.1, -0.05) is 13.8 Å². The van der Waals surface area contributed by atoms with Gasteiger partial charge in [-0.05, 0) is 31.4 Å². The van der Waals surface area contributed by atoms with E-state index in [9.17, 15) is 4.79 Å². The molecule has 94 valence electrons. The van der Waals surface area contributed by atoms with E-state index in [2.05, 4.69) is 28.9 Å². The lowest BCUT2D eigenvalue weighted by Gasteiger charge is -2.09. The average Bonchev–Trinajstić information content (AvgIpc) is 2.28. The van der Waals surface area contributed by atoms with Crippen LogP contribution in [0.2, 0.25) is 0 Å². The molecular formula is C13H20N2O2. The topological polar surface area (TPSA) is 51.2 Å². The maximum absolute atomic E-state index is 11.4. The summed E-state index contributed by atoms with van der Waals surface area (Å²) in [6.45, 7) is 7.06. The van der Waals surface area contributed by atoms with Gasteiger partial charge in [-0.25, -0.2) is 9.78 Å². The molecule has 4 nitrogen and oxygen atoms in total. The first-order chi connectivity index (χ1) is 8.04. The molecule has 1 N–H and O–H groups in total. The first kappa shape index (κ1) is 13.5. The lowest BCUT2D eigenvalue weighted by atomic mass is 10.1. The summed E-state index contributed by atoms with van der Waals surface area (Å²) in [5.74, 6) is 1.12. The number of hydrogen-bond acceptors (Lipinski definition) is 4. The molecule has 0 fully saturated rings. The molecule has 0 spiro atoms. The van der Waals surface area contributed by atoms with Gasteiger partial charge in [0.05, 0.1) is 18.4 Å². The Bertz CT molecular complexity index is 389. The number of nitrogens with zero attached hydrogens (tertiary/aromatic N) is 1. The molecule has 1 aromatic heterocycles. The third-order valence-corrected chi connectivity index (χ3v) is 2.52. The van der Waals surface area contributed by atoms with Crippen LogP contribution in [0, 0.1) is 12.8 Å². The number of esters is 1. The second-order valence-corrected chi connectivity index (χ2v) is 4.43. The van der Waals surface area contributed by atoms with Gasteiger partial charge in [-0.3, -0.25) is 0 Å². The van der Waals surface area contributed by atoms with Crippen molar-refractivity contribution < 1.29 is 9.53 Å². The minimum atomic E-state index is -0.344. The van der Waals surface area contributed by atoms with Gasteiger partial charge in [0.15, 0.2) is 0 Å².